The van der Waals surface area contributed by atoms with Crippen LogP contribution in [0.25, 0.3) is 0 Å². The van der Waals surface area contributed by atoms with Crippen molar-refractivity contribution in [2.75, 3.05) is 19.3 Å². The van der Waals surface area contributed by atoms with Gasteiger partial charge in [-0.1, -0.05) is 20.8 Å². The minimum atomic E-state index is -2.97. The van der Waals surface area contributed by atoms with Crippen LogP contribution in [-0.4, -0.2) is 28.8 Å². The minimum Gasteiger partial charge on any atom is -0.333 e. The fourth-order valence-electron chi connectivity index (χ4n) is 1.10. The van der Waals surface area contributed by atoms with Gasteiger partial charge in [-0.3, -0.25) is 4.57 Å². The summed E-state index contributed by atoms with van der Waals surface area (Å²) in [5.74, 6) is 0. The van der Waals surface area contributed by atoms with Crippen LogP contribution in [0.4, 0.5) is 0 Å². The lowest BCUT2D eigenvalue weighted by atomic mass is 10.6. The molecule has 0 aliphatic carbocycles. The summed E-state index contributed by atoms with van der Waals surface area (Å²) in [6.45, 7) is 7.05. The van der Waals surface area contributed by atoms with Crippen molar-refractivity contribution in [1.82, 2.24) is 4.67 Å². The Labute approximate surface area is 68.9 Å². The van der Waals surface area contributed by atoms with E-state index in [4.69, 9.17) is 0 Å². The molecule has 0 aliphatic heterocycles. The van der Waals surface area contributed by atoms with Gasteiger partial charge < -0.3 is 4.89 Å². The second kappa shape index (κ2) is 4.91. The summed E-state index contributed by atoms with van der Waals surface area (Å²) in [5, 5.41) is 0. The van der Waals surface area contributed by atoms with E-state index in [9.17, 15) is 9.46 Å². The topological polar surface area (TPSA) is 40.5 Å². The fourth-order valence-corrected chi connectivity index (χ4v) is 2.85. The average Bonchev–Trinajstić information content (AvgIpc) is 1.89. The normalized spacial score (nSPS) is 16.8. The van der Waals surface area contributed by atoms with E-state index < -0.39 is 7.52 Å². The Morgan fingerprint density at radius 2 is 1.73 bits per heavy atom. The molecule has 0 aromatic heterocycles. The van der Waals surface area contributed by atoms with E-state index in [1.807, 2.05) is 20.8 Å². The summed E-state index contributed by atoms with van der Waals surface area (Å²) >= 11 is 0. The van der Waals surface area contributed by atoms with Crippen LogP contribution < -0.4 is 0 Å². The van der Waals surface area contributed by atoms with Gasteiger partial charge in [0.15, 0.2) is 0 Å². The molecular formula is C7H18NO2P. The maximum absolute atomic E-state index is 11.5. The van der Waals surface area contributed by atoms with Gasteiger partial charge in [0.25, 0.3) is 7.52 Å². The lowest BCUT2D eigenvalue weighted by Gasteiger charge is -2.23. The van der Waals surface area contributed by atoms with E-state index in [0.717, 1.165) is 6.42 Å². The van der Waals surface area contributed by atoms with Gasteiger partial charge >= 0.3 is 0 Å². The maximum Gasteiger partial charge on any atom is 0.269 e. The fraction of sp³-hybridized carbons (Fsp3) is 1.00. The Morgan fingerprint density at radius 3 is 2.00 bits per heavy atom. The van der Waals surface area contributed by atoms with E-state index >= 15 is 0 Å². The van der Waals surface area contributed by atoms with Gasteiger partial charge in [-0.2, -0.15) is 0 Å². The molecule has 0 heterocycles. The first-order valence-electron chi connectivity index (χ1n) is 4.15. The van der Waals surface area contributed by atoms with Crippen LogP contribution in [0.5, 0.6) is 0 Å². The molecule has 1 unspecified atom stereocenters. The quantitative estimate of drug-likeness (QED) is 0.655. The first-order valence-corrected chi connectivity index (χ1v) is 5.95. The molecule has 0 saturated heterocycles. The predicted molar refractivity (Wildman–Crippen MR) is 47.9 cm³/mol. The van der Waals surface area contributed by atoms with Crippen LogP contribution in [0.15, 0.2) is 0 Å². The highest BCUT2D eigenvalue weighted by Crippen LogP contribution is 2.44. The highest BCUT2D eigenvalue weighted by molar-refractivity contribution is 7.55. The number of rotatable bonds is 5. The highest BCUT2D eigenvalue weighted by atomic mass is 31.2. The molecule has 1 N–H and O–H groups in total. The molecule has 0 radical (unpaired) electrons. The summed E-state index contributed by atoms with van der Waals surface area (Å²) in [6.07, 6.45) is 1.18. The Hall–Kier alpha value is 0.150. The smallest absolute Gasteiger partial charge is 0.269 e. The molecule has 1 atom stereocenters. The molecule has 3 nitrogen and oxygen atoms in total. The van der Waals surface area contributed by atoms with Gasteiger partial charge in [-0.25, -0.2) is 4.67 Å². The second-order valence-corrected chi connectivity index (χ2v) is 4.87. The minimum absolute atomic E-state index is 0.411. The van der Waals surface area contributed by atoms with Gasteiger partial charge in [0.05, 0.1) is 0 Å². The van der Waals surface area contributed by atoms with Crippen LogP contribution in [-0.2, 0) is 4.57 Å². The van der Waals surface area contributed by atoms with Crippen molar-refractivity contribution in [3.05, 3.63) is 0 Å². The summed E-state index contributed by atoms with van der Waals surface area (Å²) < 4.78 is 13.1. The average molecular weight is 179 g/mol. The molecule has 0 rings (SSSR count). The number of hydrogen-bond donors (Lipinski definition) is 1. The Bertz CT molecular complexity index is 145. The summed E-state index contributed by atoms with van der Waals surface area (Å²) in [5.41, 5.74) is 0. The van der Waals surface area contributed by atoms with Gasteiger partial charge in [0, 0.05) is 19.3 Å². The molecular weight excluding hydrogens is 161 g/mol. The molecule has 0 spiro atoms. The van der Waals surface area contributed by atoms with Gasteiger partial charge in [0.2, 0.25) is 0 Å². The van der Waals surface area contributed by atoms with Crippen LogP contribution in [0.2, 0.25) is 0 Å². The molecule has 68 valence electrons. The Morgan fingerprint density at radius 1 is 1.27 bits per heavy atom. The first-order chi connectivity index (χ1) is 5.08. The van der Waals surface area contributed by atoms with E-state index in [-0.39, 0.29) is 0 Å². The predicted octanol–water partition coefficient (Wildman–Crippen LogP) is 1.92. The van der Waals surface area contributed by atoms with E-state index in [0.29, 0.717) is 19.3 Å². The monoisotopic (exact) mass is 179 g/mol. The lowest BCUT2D eigenvalue weighted by Crippen LogP contribution is -2.20. The van der Waals surface area contributed by atoms with Crippen molar-refractivity contribution in [2.24, 2.45) is 0 Å². The molecule has 0 saturated carbocycles. The molecule has 0 bridgehead atoms. The standard InChI is InChI=1S/C7H18NO2P/c1-4-7-11(9,10)8(5-2)6-3/h4-7H2,1-3H3,(H,9,10). The van der Waals surface area contributed by atoms with E-state index in [1.54, 1.807) is 4.67 Å². The van der Waals surface area contributed by atoms with Crippen LogP contribution in [0.3, 0.4) is 0 Å². The third-order valence-corrected chi connectivity index (χ3v) is 4.17. The summed E-state index contributed by atoms with van der Waals surface area (Å²) in [7, 11) is -2.97. The van der Waals surface area contributed by atoms with Crippen molar-refractivity contribution in [1.29, 1.82) is 0 Å². The molecule has 11 heavy (non-hydrogen) atoms. The van der Waals surface area contributed by atoms with Crippen LogP contribution in [0, 0.1) is 0 Å². The lowest BCUT2D eigenvalue weighted by molar-refractivity contribution is 0.364. The van der Waals surface area contributed by atoms with Crippen LogP contribution >= 0.6 is 7.52 Å². The van der Waals surface area contributed by atoms with Crippen LogP contribution in [0.1, 0.15) is 27.2 Å². The highest BCUT2D eigenvalue weighted by Gasteiger charge is 2.23. The second-order valence-electron chi connectivity index (χ2n) is 2.53. The molecule has 0 aromatic rings. The van der Waals surface area contributed by atoms with Crippen molar-refractivity contribution in [3.63, 3.8) is 0 Å². The zero-order valence-electron chi connectivity index (χ0n) is 7.58. The largest absolute Gasteiger partial charge is 0.333 e. The summed E-state index contributed by atoms with van der Waals surface area (Å²) in [6, 6.07) is 0. The number of nitrogens with zero attached hydrogens (tertiary/aromatic N) is 1. The molecule has 4 heteroatoms. The SMILES string of the molecule is CCCP(=O)(O)N(CC)CC. The van der Waals surface area contributed by atoms with Gasteiger partial charge in [0.1, 0.15) is 0 Å². The van der Waals surface area contributed by atoms with E-state index in [2.05, 4.69) is 0 Å². The van der Waals surface area contributed by atoms with Crippen molar-refractivity contribution < 1.29 is 9.46 Å². The molecule has 0 aliphatic rings. The van der Waals surface area contributed by atoms with E-state index in [1.165, 1.54) is 0 Å². The zero-order valence-corrected chi connectivity index (χ0v) is 8.47. The molecule has 0 aromatic carbocycles. The molecule has 0 fully saturated rings. The van der Waals surface area contributed by atoms with Crippen molar-refractivity contribution >= 4 is 7.52 Å². The van der Waals surface area contributed by atoms with Gasteiger partial charge in [-0.05, 0) is 6.42 Å². The first kappa shape index (κ1) is 11.2. The maximum atomic E-state index is 11.5. The Balaban J connectivity index is 4.13. The third kappa shape index (κ3) is 3.37. The van der Waals surface area contributed by atoms with Crippen molar-refractivity contribution in [3.8, 4) is 0 Å². The third-order valence-electron chi connectivity index (χ3n) is 1.69. The number of hydrogen-bond acceptors (Lipinski definition) is 1. The summed E-state index contributed by atoms with van der Waals surface area (Å²) in [4.78, 5) is 9.46. The van der Waals surface area contributed by atoms with Crippen molar-refractivity contribution in [2.45, 2.75) is 27.2 Å². The Kier molecular flexibility index (Phi) is 4.98. The molecule has 0 amide bonds. The zero-order chi connectivity index (χ0) is 8.91. The van der Waals surface area contributed by atoms with Gasteiger partial charge in [-0.15, -0.1) is 0 Å².